The quantitative estimate of drug-likeness (QED) is 0.326. The number of ether oxygens (including phenoxy) is 2. The number of phenols is 1. The molecular formula is C28H25NO6. The van der Waals surface area contributed by atoms with Gasteiger partial charge in [0.05, 0.1) is 18.7 Å². The molecule has 178 valence electrons. The predicted molar refractivity (Wildman–Crippen MR) is 129 cm³/mol. The smallest absolute Gasteiger partial charge is 0.295 e. The van der Waals surface area contributed by atoms with Crippen LogP contribution in [0.15, 0.2) is 72.3 Å². The van der Waals surface area contributed by atoms with E-state index in [-0.39, 0.29) is 35.5 Å². The van der Waals surface area contributed by atoms with Crippen LogP contribution in [0.25, 0.3) is 5.76 Å². The van der Waals surface area contributed by atoms with Crippen molar-refractivity contribution in [3.05, 3.63) is 94.6 Å². The normalized spacial score (nSPS) is 20.6. The number of aromatic hydroxyl groups is 1. The fourth-order valence-electron chi connectivity index (χ4n) is 4.76. The number of aliphatic hydroxyl groups excluding tert-OH is 1. The third-order valence-electron chi connectivity index (χ3n) is 6.42. The molecule has 1 amide bonds. The molecule has 7 heteroatoms. The molecule has 7 nitrogen and oxygen atoms in total. The van der Waals surface area contributed by atoms with E-state index in [0.717, 1.165) is 16.9 Å². The molecule has 0 aromatic heterocycles. The van der Waals surface area contributed by atoms with Gasteiger partial charge in [0, 0.05) is 18.5 Å². The highest BCUT2D eigenvalue weighted by molar-refractivity contribution is 6.46. The van der Waals surface area contributed by atoms with Crippen LogP contribution in [0.5, 0.6) is 17.2 Å². The minimum Gasteiger partial charge on any atom is -0.507 e. The van der Waals surface area contributed by atoms with Crippen molar-refractivity contribution in [3.8, 4) is 17.2 Å². The molecule has 2 atom stereocenters. The van der Waals surface area contributed by atoms with Gasteiger partial charge in [-0.2, -0.15) is 0 Å². The Morgan fingerprint density at radius 3 is 2.60 bits per heavy atom. The van der Waals surface area contributed by atoms with Crippen molar-refractivity contribution in [2.75, 3.05) is 7.11 Å². The fourth-order valence-corrected chi connectivity index (χ4v) is 4.76. The van der Waals surface area contributed by atoms with E-state index in [0.29, 0.717) is 17.5 Å². The molecule has 0 saturated carbocycles. The second kappa shape index (κ2) is 8.83. The molecule has 1 fully saturated rings. The van der Waals surface area contributed by atoms with Crippen molar-refractivity contribution < 1.29 is 29.3 Å². The van der Waals surface area contributed by atoms with Crippen molar-refractivity contribution in [2.45, 2.75) is 32.0 Å². The highest BCUT2D eigenvalue weighted by Gasteiger charge is 2.46. The molecule has 2 heterocycles. The third-order valence-corrected chi connectivity index (χ3v) is 6.42. The largest absolute Gasteiger partial charge is 0.507 e. The number of ketones is 1. The highest BCUT2D eigenvalue weighted by atomic mass is 16.5. The second-order valence-corrected chi connectivity index (χ2v) is 8.80. The van der Waals surface area contributed by atoms with Crippen LogP contribution in [-0.4, -0.2) is 40.0 Å². The van der Waals surface area contributed by atoms with Crippen LogP contribution in [0.4, 0.5) is 0 Å². The lowest BCUT2D eigenvalue weighted by atomic mass is 9.94. The minimum absolute atomic E-state index is 0.00872. The molecule has 0 bridgehead atoms. The first kappa shape index (κ1) is 22.5. The second-order valence-electron chi connectivity index (χ2n) is 8.80. The van der Waals surface area contributed by atoms with Crippen LogP contribution >= 0.6 is 0 Å². The molecular weight excluding hydrogens is 446 g/mol. The van der Waals surface area contributed by atoms with Crippen LogP contribution in [0.2, 0.25) is 0 Å². The number of carbonyl (C=O) groups excluding carboxylic acids is 2. The number of rotatable bonds is 5. The maximum atomic E-state index is 13.3. The van der Waals surface area contributed by atoms with Crippen molar-refractivity contribution in [2.24, 2.45) is 0 Å². The van der Waals surface area contributed by atoms with Gasteiger partial charge in [-0.05, 0) is 53.9 Å². The molecule has 0 radical (unpaired) electrons. The van der Waals surface area contributed by atoms with E-state index in [9.17, 15) is 19.8 Å². The maximum Gasteiger partial charge on any atom is 0.295 e. The van der Waals surface area contributed by atoms with Crippen molar-refractivity contribution >= 4 is 17.4 Å². The summed E-state index contributed by atoms with van der Waals surface area (Å²) < 4.78 is 11.0. The van der Waals surface area contributed by atoms with Crippen molar-refractivity contribution in [3.63, 3.8) is 0 Å². The van der Waals surface area contributed by atoms with Crippen LogP contribution in [0.1, 0.15) is 35.2 Å². The average molecular weight is 472 g/mol. The molecule has 0 unspecified atom stereocenters. The number of phenolic OH excluding ortho intramolecular Hbond substituents is 1. The summed E-state index contributed by atoms with van der Waals surface area (Å²) in [6.07, 6.45) is 0.723. The molecule has 1 saturated heterocycles. The zero-order valence-corrected chi connectivity index (χ0v) is 19.4. The molecule has 35 heavy (non-hydrogen) atoms. The number of Topliss-reactive ketones (excluding diaryl/α,β-unsaturated/α-hetero) is 1. The summed E-state index contributed by atoms with van der Waals surface area (Å²) in [7, 11) is 1.42. The maximum absolute atomic E-state index is 13.3. The minimum atomic E-state index is -0.867. The third kappa shape index (κ3) is 3.99. The van der Waals surface area contributed by atoms with E-state index < -0.39 is 17.7 Å². The molecule has 3 aromatic rings. The van der Waals surface area contributed by atoms with Gasteiger partial charge < -0.3 is 24.6 Å². The first-order valence-electron chi connectivity index (χ1n) is 11.4. The zero-order chi connectivity index (χ0) is 24.7. The van der Waals surface area contributed by atoms with E-state index in [4.69, 9.17) is 9.47 Å². The first-order chi connectivity index (χ1) is 16.9. The van der Waals surface area contributed by atoms with Gasteiger partial charge in [0.25, 0.3) is 11.7 Å². The Kier molecular flexibility index (Phi) is 5.68. The van der Waals surface area contributed by atoms with Crippen LogP contribution < -0.4 is 9.47 Å². The van der Waals surface area contributed by atoms with Crippen LogP contribution in [0, 0.1) is 0 Å². The van der Waals surface area contributed by atoms with E-state index in [1.165, 1.54) is 18.1 Å². The molecule has 3 aromatic carbocycles. The number of hydrogen-bond acceptors (Lipinski definition) is 6. The monoisotopic (exact) mass is 471 g/mol. The summed E-state index contributed by atoms with van der Waals surface area (Å²) >= 11 is 0. The Bertz CT molecular complexity index is 1350. The zero-order valence-electron chi connectivity index (χ0n) is 19.4. The standard InChI is InChI=1S/C28H25NO6/c1-16-12-20-13-19(9-11-22(20)35-16)26(31)24-25(18-8-10-21(30)23(14-18)34-2)29(28(33)27(24)32)15-17-6-4-3-5-7-17/h3-11,13-14,16,25,30-31H,12,15H2,1-2H3/b26-24+/t16-,25+/m1/s1. The van der Waals surface area contributed by atoms with Gasteiger partial charge in [-0.1, -0.05) is 36.4 Å². The Morgan fingerprint density at radius 1 is 1.09 bits per heavy atom. The number of amides is 1. The summed E-state index contributed by atoms with van der Waals surface area (Å²) in [5.41, 5.74) is 2.74. The Labute approximate surface area is 202 Å². The number of hydrogen-bond donors (Lipinski definition) is 2. The van der Waals surface area contributed by atoms with Gasteiger partial charge in [0.15, 0.2) is 11.5 Å². The van der Waals surface area contributed by atoms with E-state index >= 15 is 0 Å². The fraction of sp³-hybridized carbons (Fsp3) is 0.214. The Balaban J connectivity index is 1.65. The lowest BCUT2D eigenvalue weighted by Gasteiger charge is -2.26. The van der Waals surface area contributed by atoms with Gasteiger partial charge in [-0.25, -0.2) is 0 Å². The lowest BCUT2D eigenvalue weighted by molar-refractivity contribution is -0.140. The molecule has 2 N–H and O–H groups in total. The highest BCUT2D eigenvalue weighted by Crippen LogP contribution is 2.43. The summed E-state index contributed by atoms with van der Waals surface area (Å²) in [6.45, 7) is 2.14. The van der Waals surface area contributed by atoms with Crippen molar-refractivity contribution in [1.82, 2.24) is 4.90 Å². The molecule has 2 aliphatic heterocycles. The number of nitrogens with zero attached hydrogens (tertiary/aromatic N) is 1. The van der Waals surface area contributed by atoms with Gasteiger partial charge in [-0.15, -0.1) is 0 Å². The summed E-state index contributed by atoms with van der Waals surface area (Å²) in [4.78, 5) is 28.0. The Hall–Kier alpha value is -4.26. The molecule has 0 aliphatic carbocycles. The predicted octanol–water partition coefficient (Wildman–Crippen LogP) is 4.35. The van der Waals surface area contributed by atoms with Gasteiger partial charge in [-0.3, -0.25) is 9.59 Å². The molecule has 5 rings (SSSR count). The summed E-state index contributed by atoms with van der Waals surface area (Å²) in [5.74, 6) is -0.830. The Morgan fingerprint density at radius 2 is 1.86 bits per heavy atom. The summed E-state index contributed by atoms with van der Waals surface area (Å²) in [5, 5.41) is 21.5. The number of methoxy groups -OCH3 is 1. The van der Waals surface area contributed by atoms with E-state index in [1.54, 1.807) is 30.3 Å². The SMILES string of the molecule is COc1cc([C@H]2/C(=C(\O)c3ccc4c(c3)C[C@@H](C)O4)C(=O)C(=O)N2Cc2ccccc2)ccc1O. The van der Waals surface area contributed by atoms with Crippen LogP contribution in [-0.2, 0) is 22.6 Å². The molecule has 2 aliphatic rings. The number of likely N-dealkylation sites (tertiary alicyclic amines) is 1. The van der Waals surface area contributed by atoms with Crippen molar-refractivity contribution in [1.29, 1.82) is 0 Å². The number of benzene rings is 3. The number of fused-ring (bicyclic) bond motifs is 1. The number of carbonyl (C=O) groups is 2. The number of aliphatic hydroxyl groups is 1. The average Bonchev–Trinajstić information content (AvgIpc) is 3.35. The van der Waals surface area contributed by atoms with Gasteiger partial charge >= 0.3 is 0 Å². The summed E-state index contributed by atoms with van der Waals surface area (Å²) in [6, 6.07) is 18.4. The van der Waals surface area contributed by atoms with E-state index in [1.807, 2.05) is 37.3 Å². The van der Waals surface area contributed by atoms with Gasteiger partial charge in [0.2, 0.25) is 0 Å². The van der Waals surface area contributed by atoms with Crippen LogP contribution in [0.3, 0.4) is 0 Å². The molecule has 0 spiro atoms. The topological polar surface area (TPSA) is 96.3 Å². The first-order valence-corrected chi connectivity index (χ1v) is 11.4. The lowest BCUT2D eigenvalue weighted by Crippen LogP contribution is -2.29. The van der Waals surface area contributed by atoms with E-state index in [2.05, 4.69) is 0 Å². The van der Waals surface area contributed by atoms with Gasteiger partial charge in [0.1, 0.15) is 17.6 Å².